The van der Waals surface area contributed by atoms with Crippen LogP contribution in [0.2, 0.25) is 0 Å². The van der Waals surface area contributed by atoms with Crippen LogP contribution in [0.3, 0.4) is 0 Å². The lowest BCUT2D eigenvalue weighted by Crippen LogP contribution is -2.09. The Morgan fingerprint density at radius 3 is 0.440 bits per heavy atom. The maximum absolute atomic E-state index is 6.99. The molecule has 0 aliphatic rings. The minimum Gasteiger partial charge on any atom is -0.490 e. The molecule has 480 valence electrons. The Morgan fingerprint density at radius 1 is 0.190 bits per heavy atom. The summed E-state index contributed by atoms with van der Waals surface area (Å²) in [4.78, 5) is 0. The van der Waals surface area contributed by atoms with Gasteiger partial charge in [-0.3, -0.25) is 0 Å². The zero-order valence-corrected chi connectivity index (χ0v) is 58.1. The smallest absolute Gasteiger partial charge is 0.161 e. The summed E-state index contributed by atoms with van der Waals surface area (Å²) >= 11 is 0. The molecule has 0 aliphatic heterocycles. The third-order valence-electron chi connectivity index (χ3n) is 18.2. The van der Waals surface area contributed by atoms with Crippen molar-refractivity contribution in [1.29, 1.82) is 0 Å². The van der Waals surface area contributed by atoms with Crippen LogP contribution in [-0.4, -0.2) is 39.6 Å². The second kappa shape index (κ2) is 40.1. The molecule has 6 atom stereocenters. The van der Waals surface area contributed by atoms with Crippen LogP contribution >= 0.6 is 0 Å². The van der Waals surface area contributed by atoms with Gasteiger partial charge in [0.1, 0.15) is 0 Å². The van der Waals surface area contributed by atoms with Gasteiger partial charge in [0.05, 0.1) is 39.6 Å². The minimum atomic E-state index is 0.579. The van der Waals surface area contributed by atoms with Crippen molar-refractivity contribution in [3.05, 3.63) is 36.4 Å². The fourth-order valence-electron chi connectivity index (χ4n) is 12.0. The summed E-state index contributed by atoms with van der Waals surface area (Å²) in [6.07, 6.45) is 28.5. The molecule has 0 spiro atoms. The SMILES string of the molecule is CC(C)CCCC(C)CCOc1cc2c3cc(OCCC(C)CCCC(C)C)c(OCCC(C)CCCC(C)C)cc3c3cc(OCCC(C)CCCC(C)C)c(OCCC(C)CCCC(C)C)cc3c2cc1OCCC(C)CCCC(C)C. The lowest BCUT2D eigenvalue weighted by atomic mass is 9.92. The van der Waals surface area contributed by atoms with E-state index in [1.807, 2.05) is 0 Å². The van der Waals surface area contributed by atoms with Crippen molar-refractivity contribution >= 4 is 32.3 Å². The van der Waals surface area contributed by atoms with E-state index < -0.39 is 0 Å². The Kier molecular flexibility index (Phi) is 34.8. The summed E-state index contributed by atoms with van der Waals surface area (Å²) < 4.78 is 42.0. The molecular weight excluding hydrogens is 1030 g/mol. The normalized spacial score (nSPS) is 14.4. The Labute approximate surface area is 518 Å². The molecule has 6 nitrogen and oxygen atoms in total. The van der Waals surface area contributed by atoms with Crippen molar-refractivity contribution in [2.24, 2.45) is 71.0 Å². The first-order valence-corrected chi connectivity index (χ1v) is 35.4. The van der Waals surface area contributed by atoms with Crippen LogP contribution in [0.4, 0.5) is 0 Å². The largest absolute Gasteiger partial charge is 0.490 e. The van der Waals surface area contributed by atoms with Gasteiger partial charge in [0.25, 0.3) is 0 Å². The minimum absolute atomic E-state index is 0.579. The molecule has 0 radical (unpaired) electrons. The molecule has 0 aromatic heterocycles. The van der Waals surface area contributed by atoms with Gasteiger partial charge in [0.2, 0.25) is 0 Å². The highest BCUT2D eigenvalue weighted by atomic mass is 16.5. The van der Waals surface area contributed by atoms with Crippen LogP contribution in [-0.2, 0) is 0 Å². The summed E-state index contributed by atoms with van der Waals surface area (Å²) in [5.41, 5.74) is 0. The van der Waals surface area contributed by atoms with Crippen LogP contribution in [0.5, 0.6) is 34.5 Å². The molecule has 0 saturated carbocycles. The van der Waals surface area contributed by atoms with Crippen LogP contribution < -0.4 is 28.4 Å². The zero-order valence-electron chi connectivity index (χ0n) is 58.1. The molecule has 4 aromatic carbocycles. The van der Waals surface area contributed by atoms with Gasteiger partial charge in [0, 0.05) is 0 Å². The van der Waals surface area contributed by atoms with Gasteiger partial charge in [-0.15, -0.1) is 0 Å². The van der Waals surface area contributed by atoms with Crippen molar-refractivity contribution in [2.45, 2.75) is 279 Å². The quantitative estimate of drug-likeness (QED) is 0.0411. The van der Waals surface area contributed by atoms with E-state index in [0.717, 1.165) is 141 Å². The Balaban J connectivity index is 1.97. The van der Waals surface area contributed by atoms with E-state index in [4.69, 9.17) is 28.4 Å². The summed E-state index contributed by atoms with van der Waals surface area (Å²) in [6, 6.07) is 13.8. The standard InChI is InChI=1S/C78H132O6/c1-55(2)25-19-31-61(13)37-43-79-73-49-67-68(50-74(73)80-44-38-62(14)32-20-26-56(3)4)70-52-76(82-46-40-64(16)34-22-28-58(7)8)78(84-48-42-66(18)36-24-30-60(11)12)54-72(70)71-53-77(83-47-41-65(17)35-23-29-59(9)10)75(51-69(67)71)81-45-39-63(15)33-21-27-57(5)6/h49-66H,19-48H2,1-18H3. The molecule has 4 rings (SSSR count). The molecule has 0 N–H and O–H groups in total. The number of hydrogen-bond donors (Lipinski definition) is 0. The number of fused-ring (bicyclic) bond motifs is 6. The molecular formula is C78H132O6. The molecule has 0 bridgehead atoms. The van der Waals surface area contributed by atoms with Crippen molar-refractivity contribution in [1.82, 2.24) is 0 Å². The van der Waals surface area contributed by atoms with Gasteiger partial charge < -0.3 is 28.4 Å². The van der Waals surface area contributed by atoms with Crippen LogP contribution in [0, 0.1) is 71.0 Å². The number of ether oxygens (including phenoxy) is 6. The fraction of sp³-hybridized carbons (Fsp3) is 0.769. The highest BCUT2D eigenvalue weighted by molar-refractivity contribution is 6.26. The van der Waals surface area contributed by atoms with Gasteiger partial charge in [0.15, 0.2) is 34.5 Å². The van der Waals surface area contributed by atoms with Crippen molar-refractivity contribution < 1.29 is 28.4 Å². The topological polar surface area (TPSA) is 55.4 Å². The summed E-state index contributed by atoms with van der Waals surface area (Å²) in [5, 5.41) is 6.74. The first-order chi connectivity index (χ1) is 40.1. The fourth-order valence-corrected chi connectivity index (χ4v) is 12.0. The zero-order chi connectivity index (χ0) is 61.6. The molecule has 0 saturated heterocycles. The van der Waals surface area contributed by atoms with E-state index in [1.165, 1.54) is 116 Å². The van der Waals surface area contributed by atoms with Gasteiger partial charge in [-0.25, -0.2) is 0 Å². The average molecular weight is 1170 g/mol. The van der Waals surface area contributed by atoms with E-state index in [0.29, 0.717) is 75.1 Å². The van der Waals surface area contributed by atoms with E-state index in [-0.39, 0.29) is 0 Å². The Bertz CT molecular complexity index is 1920. The van der Waals surface area contributed by atoms with E-state index in [1.54, 1.807) is 0 Å². The summed E-state index contributed by atoms with van der Waals surface area (Å²) in [6.45, 7) is 46.2. The summed E-state index contributed by atoms with van der Waals surface area (Å²) in [7, 11) is 0. The third-order valence-corrected chi connectivity index (χ3v) is 18.2. The predicted octanol–water partition coefficient (Wildman–Crippen LogP) is 24.5. The van der Waals surface area contributed by atoms with E-state index >= 15 is 0 Å². The molecule has 4 aromatic rings. The molecule has 6 unspecified atom stereocenters. The lowest BCUT2D eigenvalue weighted by molar-refractivity contribution is 0.237. The highest BCUT2D eigenvalue weighted by Gasteiger charge is 2.22. The summed E-state index contributed by atoms with van der Waals surface area (Å²) in [5.74, 6) is 12.8. The average Bonchev–Trinajstić information content (AvgIpc) is 3.53. The molecule has 84 heavy (non-hydrogen) atoms. The molecule has 0 fully saturated rings. The van der Waals surface area contributed by atoms with Crippen LogP contribution in [0.1, 0.15) is 279 Å². The number of benzene rings is 4. The lowest BCUT2D eigenvalue weighted by Gasteiger charge is -2.22. The molecule has 0 aliphatic carbocycles. The maximum Gasteiger partial charge on any atom is 0.161 e. The third kappa shape index (κ3) is 28.5. The van der Waals surface area contributed by atoms with Gasteiger partial charge in [-0.2, -0.15) is 0 Å². The molecule has 0 amide bonds. The number of rotatable bonds is 48. The van der Waals surface area contributed by atoms with Gasteiger partial charge in [-0.1, -0.05) is 240 Å². The highest BCUT2D eigenvalue weighted by Crippen LogP contribution is 2.48. The van der Waals surface area contributed by atoms with Crippen LogP contribution in [0.25, 0.3) is 32.3 Å². The molecule has 6 heteroatoms. The Morgan fingerprint density at radius 2 is 0.321 bits per heavy atom. The molecule has 0 heterocycles. The number of hydrogen-bond acceptors (Lipinski definition) is 6. The first-order valence-electron chi connectivity index (χ1n) is 35.4. The first kappa shape index (κ1) is 72.9. The second-order valence-corrected chi connectivity index (χ2v) is 29.9. The van der Waals surface area contributed by atoms with Crippen molar-refractivity contribution in [3.8, 4) is 34.5 Å². The monoisotopic (exact) mass is 1170 g/mol. The van der Waals surface area contributed by atoms with Crippen molar-refractivity contribution in [2.75, 3.05) is 39.6 Å². The van der Waals surface area contributed by atoms with Crippen LogP contribution in [0.15, 0.2) is 36.4 Å². The Hall–Kier alpha value is -3.54. The van der Waals surface area contributed by atoms with E-state index in [2.05, 4.69) is 161 Å². The maximum atomic E-state index is 6.99. The second-order valence-electron chi connectivity index (χ2n) is 29.9. The van der Waals surface area contributed by atoms with Gasteiger partial charge >= 0.3 is 0 Å². The van der Waals surface area contributed by atoms with E-state index in [9.17, 15) is 0 Å². The van der Waals surface area contributed by atoms with Crippen molar-refractivity contribution in [3.63, 3.8) is 0 Å². The predicted molar refractivity (Wildman–Crippen MR) is 367 cm³/mol. The van der Waals surface area contributed by atoms with Gasteiger partial charge in [-0.05, 0) is 178 Å².